The molecule has 4 saturated heterocycles. The van der Waals surface area contributed by atoms with Crippen molar-refractivity contribution in [3.63, 3.8) is 0 Å². The van der Waals surface area contributed by atoms with Crippen molar-refractivity contribution in [1.29, 1.82) is 0 Å². The number of fused-ring (bicyclic) bond motifs is 8. The van der Waals surface area contributed by atoms with Gasteiger partial charge in [-0.2, -0.15) is 0 Å². The van der Waals surface area contributed by atoms with Crippen LogP contribution in [0.1, 0.15) is 74.1 Å². The molecule has 3 aromatic heterocycles. The standard InChI is InChI=1S/C72H62N12O8/c85-61-33-34-62(86)82-38-12-24-60(82)72(92)80-48-20-8-4-16-44(48)68-55-31-29-53(75-55)66-42-14-2-6-18-46(42)78-70(90)58-22-10-39-83(58)63(87)35-36-64(88)84-40-11-23-59(84)71(91)79-47-19-7-3-15-43(47)67(54-30-32-56(68)76-54)52-28-26-50(74-52)65(49-25-27-51(66)73-49)41-13-1-5-17-45(41)77-69(89)57-21-9-37-81(57)61/h1-8,13-20,25-36,57-60,73,76H,9-12,21-24,37-40H2,(H,77,89)(H,78,90)(H,79,91)(H,80,92)/b34-33+,36-35+,65-49?,65-50?,66-51?,66-53?,67-52?,67-54?,68-55?,68-56?/t57-,58-,59-,60-/m0/s1. The molecule has 12 bridgehead atoms. The SMILES string of the molecule is O=C1Nc2ccccc2-c2c3nc(c4c5ccc([nH]5)c(c5nc(c(c6ccc2[nH]6)-c2ccccc2NC(=O)[C@@H]2CCCN2C(=O)/C=C/C(=O)N2CCC[C@H]2C(=O)Nc2ccccc2-4)C=C5)-c2ccccc2NC(=O)[C@@H]2CCCN2C(=O)/C=C/C(=O)N2CCC[C@@H]12)C=C3. The molecule has 20 nitrogen and oxygen atoms in total. The van der Waals surface area contributed by atoms with Crippen LogP contribution in [-0.2, 0) is 38.4 Å². The molecule has 4 atom stereocenters. The molecule has 0 saturated carbocycles. The zero-order valence-electron chi connectivity index (χ0n) is 49.9. The van der Waals surface area contributed by atoms with Crippen molar-refractivity contribution in [3.05, 3.63) is 168 Å². The molecule has 0 spiro atoms. The van der Waals surface area contributed by atoms with Crippen LogP contribution < -0.4 is 21.3 Å². The minimum absolute atomic E-state index is 0.279. The summed E-state index contributed by atoms with van der Waals surface area (Å²) in [4.78, 5) is 141. The van der Waals surface area contributed by atoms with Crippen molar-refractivity contribution in [3.8, 4) is 44.5 Å². The highest BCUT2D eigenvalue weighted by Crippen LogP contribution is 2.44. The van der Waals surface area contributed by atoms with Crippen LogP contribution in [-0.4, -0.2) is 137 Å². The third-order valence-electron chi connectivity index (χ3n) is 18.7. The second-order valence-electron chi connectivity index (χ2n) is 24.1. The number of benzene rings is 4. The van der Waals surface area contributed by atoms with Gasteiger partial charge in [0, 0.05) is 140 Å². The number of hydrogen-bond acceptors (Lipinski definition) is 10. The average molecular weight is 1220 g/mol. The number of para-hydroxylation sites is 4. The summed E-state index contributed by atoms with van der Waals surface area (Å²) in [6, 6.07) is 33.7. The van der Waals surface area contributed by atoms with Gasteiger partial charge in [-0.1, -0.05) is 72.8 Å². The molecule has 20 heteroatoms. The number of amides is 8. The number of nitrogens with one attached hydrogen (secondary N) is 6. The summed E-state index contributed by atoms with van der Waals surface area (Å²) in [6.07, 6.45) is 16.0. The second kappa shape index (κ2) is 23.6. The number of carbonyl (C=O) groups excluding carboxylic acids is 8. The summed E-state index contributed by atoms with van der Waals surface area (Å²) < 4.78 is 0. The van der Waals surface area contributed by atoms with Gasteiger partial charge in [0.25, 0.3) is 0 Å². The van der Waals surface area contributed by atoms with Gasteiger partial charge in [-0.3, -0.25) is 38.4 Å². The Kier molecular flexibility index (Phi) is 14.7. The Morgan fingerprint density at radius 1 is 0.293 bits per heavy atom. The van der Waals surface area contributed by atoms with E-state index >= 15 is 0 Å². The highest BCUT2D eigenvalue weighted by molar-refractivity contribution is 6.11. The van der Waals surface area contributed by atoms with Crippen LogP contribution in [0.25, 0.3) is 90.9 Å². The van der Waals surface area contributed by atoms with E-state index in [1.165, 1.54) is 43.9 Å². The van der Waals surface area contributed by atoms with E-state index in [9.17, 15) is 38.4 Å². The Morgan fingerprint density at radius 3 is 0.761 bits per heavy atom. The fourth-order valence-electron chi connectivity index (χ4n) is 14.3. The molecule has 6 N–H and O–H groups in total. The number of aromatic nitrogens is 4. The largest absolute Gasteiger partial charge is 0.354 e. The Balaban J connectivity index is 1.06. The van der Waals surface area contributed by atoms with E-state index in [4.69, 9.17) is 9.97 Å². The van der Waals surface area contributed by atoms with Gasteiger partial charge in [-0.25, -0.2) is 9.97 Å². The van der Waals surface area contributed by atoms with Crippen molar-refractivity contribution in [2.75, 3.05) is 47.4 Å². The lowest BCUT2D eigenvalue weighted by atomic mass is 10.0. The van der Waals surface area contributed by atoms with Crippen molar-refractivity contribution in [1.82, 2.24) is 39.5 Å². The summed E-state index contributed by atoms with van der Waals surface area (Å²) in [7, 11) is 0. The maximum atomic E-state index is 14.9. The number of aromatic amines is 2. The van der Waals surface area contributed by atoms with Gasteiger partial charge in [-0.15, -0.1) is 0 Å². The lowest BCUT2D eigenvalue weighted by Gasteiger charge is -2.24. The van der Waals surface area contributed by atoms with E-state index in [1.807, 2.05) is 121 Å². The first-order chi connectivity index (χ1) is 44.9. The quantitative estimate of drug-likeness (QED) is 0.0837. The first-order valence-corrected chi connectivity index (χ1v) is 31.3. The lowest BCUT2D eigenvalue weighted by Crippen LogP contribution is -2.43. The van der Waals surface area contributed by atoms with Crippen LogP contribution in [0.15, 0.2) is 146 Å². The molecule has 458 valence electrons. The average Bonchev–Trinajstić information content (AvgIpc) is 2.00. The third kappa shape index (κ3) is 10.3. The zero-order valence-corrected chi connectivity index (χ0v) is 49.9. The van der Waals surface area contributed by atoms with Gasteiger partial charge < -0.3 is 50.8 Å². The number of hydrogen-bond donors (Lipinski definition) is 6. The summed E-state index contributed by atoms with van der Waals surface area (Å²) >= 11 is 0. The molecular weight excluding hydrogens is 1160 g/mol. The molecule has 7 aromatic rings. The van der Waals surface area contributed by atoms with Gasteiger partial charge in [0.05, 0.1) is 22.8 Å². The summed E-state index contributed by atoms with van der Waals surface area (Å²) in [5, 5.41) is 12.8. The monoisotopic (exact) mass is 1220 g/mol. The fraction of sp³-hybridized carbons (Fsp3) is 0.222. The van der Waals surface area contributed by atoms with E-state index in [2.05, 4.69) is 31.2 Å². The highest BCUT2D eigenvalue weighted by atomic mass is 16.2. The second-order valence-corrected chi connectivity index (χ2v) is 24.1. The molecule has 13 heterocycles. The van der Waals surface area contributed by atoms with Crippen molar-refractivity contribution < 1.29 is 38.4 Å². The van der Waals surface area contributed by atoms with Crippen molar-refractivity contribution in [2.24, 2.45) is 0 Å². The molecule has 0 aliphatic carbocycles. The molecule has 0 radical (unpaired) electrons. The Morgan fingerprint density at radius 2 is 0.522 bits per heavy atom. The number of nitrogens with zero attached hydrogens (tertiary/aromatic N) is 6. The minimum Gasteiger partial charge on any atom is -0.354 e. The molecule has 10 aliphatic rings. The van der Waals surface area contributed by atoms with Crippen LogP contribution in [0.2, 0.25) is 0 Å². The predicted octanol–water partition coefficient (Wildman–Crippen LogP) is 10.2. The predicted molar refractivity (Wildman–Crippen MR) is 352 cm³/mol. The topological polar surface area (TPSA) is 255 Å². The Bertz CT molecular complexity index is 4080. The third-order valence-corrected chi connectivity index (χ3v) is 18.7. The van der Waals surface area contributed by atoms with E-state index < -0.39 is 71.4 Å². The smallest absolute Gasteiger partial charge is 0.247 e. The summed E-state index contributed by atoms with van der Waals surface area (Å²) in [6.45, 7) is 1.12. The number of anilines is 4. The zero-order chi connectivity index (χ0) is 62.7. The van der Waals surface area contributed by atoms with Gasteiger partial charge in [0.2, 0.25) is 47.3 Å². The van der Waals surface area contributed by atoms with E-state index in [-0.39, 0.29) is 26.2 Å². The van der Waals surface area contributed by atoms with Crippen LogP contribution in [0, 0.1) is 0 Å². The van der Waals surface area contributed by atoms with Crippen LogP contribution >= 0.6 is 0 Å². The number of rotatable bonds is 0. The van der Waals surface area contributed by atoms with Crippen LogP contribution in [0.3, 0.4) is 0 Å². The lowest BCUT2D eigenvalue weighted by molar-refractivity contribution is -0.134. The van der Waals surface area contributed by atoms with Gasteiger partial charge in [0.15, 0.2) is 0 Å². The summed E-state index contributed by atoms with van der Waals surface area (Å²) in [5.74, 6) is -3.78. The normalized spacial score (nSPS) is 21.5. The van der Waals surface area contributed by atoms with E-state index in [0.29, 0.717) is 163 Å². The van der Waals surface area contributed by atoms with Crippen LogP contribution in [0.5, 0.6) is 0 Å². The van der Waals surface area contributed by atoms with E-state index in [1.54, 1.807) is 24.3 Å². The molecule has 4 fully saturated rings. The van der Waals surface area contributed by atoms with Gasteiger partial charge >= 0.3 is 0 Å². The minimum atomic E-state index is -0.892. The van der Waals surface area contributed by atoms with E-state index in [0.717, 1.165) is 0 Å². The molecule has 17 rings (SSSR count). The molecule has 4 aromatic carbocycles. The molecular formula is C72H62N12O8. The van der Waals surface area contributed by atoms with Gasteiger partial charge in [0.1, 0.15) is 24.2 Å². The Labute approximate surface area is 527 Å². The first-order valence-electron chi connectivity index (χ1n) is 31.3. The summed E-state index contributed by atoms with van der Waals surface area (Å²) in [5.41, 5.74) is 10.5. The number of H-pyrrole nitrogens is 2. The maximum Gasteiger partial charge on any atom is 0.247 e. The van der Waals surface area contributed by atoms with Crippen molar-refractivity contribution >= 4 is 116 Å². The molecule has 0 unspecified atom stereocenters. The Hall–Kier alpha value is -11.3. The van der Waals surface area contributed by atoms with Crippen molar-refractivity contribution in [2.45, 2.75) is 75.5 Å². The highest BCUT2D eigenvalue weighted by Gasteiger charge is 2.39. The van der Waals surface area contributed by atoms with Gasteiger partial charge in [-0.05, 0) is 124 Å². The number of carbonyl (C=O) groups is 8. The molecule has 92 heavy (non-hydrogen) atoms. The maximum absolute atomic E-state index is 14.9. The van der Waals surface area contributed by atoms with Crippen LogP contribution in [0.4, 0.5) is 22.7 Å². The molecule has 8 amide bonds. The fourth-order valence-corrected chi connectivity index (χ4v) is 14.3. The molecule has 10 aliphatic heterocycles. The first kappa shape index (κ1) is 57.2.